The molecule has 0 aromatic heterocycles. The molecule has 7 rings (SSSR count). The highest BCUT2D eigenvalue weighted by Gasteiger charge is 2.86. The summed E-state index contributed by atoms with van der Waals surface area (Å²) in [7, 11) is 0. The maximum Gasteiger partial charge on any atom is 0.117 e. The zero-order valence-electron chi connectivity index (χ0n) is 16.6. The van der Waals surface area contributed by atoms with E-state index in [4.69, 9.17) is 0 Å². The maximum atomic E-state index is 11.5. The van der Waals surface area contributed by atoms with Crippen LogP contribution in [-0.2, 0) is 0 Å². The van der Waals surface area contributed by atoms with Crippen LogP contribution in [0.25, 0.3) is 0 Å². The minimum Gasteiger partial charge on any atom is -0.393 e. The monoisotopic (exact) mass is 377 g/mol. The molecule has 8 unspecified atom stereocenters. The lowest BCUT2D eigenvalue weighted by Crippen LogP contribution is -2.74. The first kappa shape index (κ1) is 17.6. The second-order valence-corrected chi connectivity index (χ2v) is 11.3. The van der Waals surface area contributed by atoms with E-state index in [1.165, 1.54) is 0 Å². The van der Waals surface area contributed by atoms with E-state index >= 15 is 0 Å². The van der Waals surface area contributed by atoms with Crippen molar-refractivity contribution in [2.75, 3.05) is 19.7 Å². The standard InChI is InChI=1S/C22H35NO4/c1-3-23-10-19(2)6-5-16(25)22-14(19)9-13(17(22)23)20-7-4-12(8-15(20)22)21(27,11-24)18(20)26/h12-18,24-27H,3-11H2,1-2H3/t12?,13-,14-,15?,16?,17?,18?,19?,20+,21?,22?/m1/s1. The van der Waals surface area contributed by atoms with Crippen LogP contribution in [-0.4, -0.2) is 68.9 Å². The number of likely N-dealkylation sites (tertiary alicyclic amines) is 1. The van der Waals surface area contributed by atoms with Crippen molar-refractivity contribution in [3.8, 4) is 0 Å². The topological polar surface area (TPSA) is 84.2 Å². The number of nitrogens with zero attached hydrogens (tertiary/aromatic N) is 1. The fourth-order valence-electron chi connectivity index (χ4n) is 10.4. The summed E-state index contributed by atoms with van der Waals surface area (Å²) in [6.45, 7) is 6.43. The van der Waals surface area contributed by atoms with Gasteiger partial charge < -0.3 is 20.4 Å². The summed E-state index contributed by atoms with van der Waals surface area (Å²) in [4.78, 5) is 2.63. The van der Waals surface area contributed by atoms with E-state index < -0.39 is 11.7 Å². The smallest absolute Gasteiger partial charge is 0.117 e. The van der Waals surface area contributed by atoms with Crippen molar-refractivity contribution in [2.45, 2.75) is 76.2 Å². The van der Waals surface area contributed by atoms with Crippen molar-refractivity contribution < 1.29 is 20.4 Å². The molecule has 5 heteroatoms. The zero-order valence-corrected chi connectivity index (χ0v) is 16.6. The molecule has 0 amide bonds. The minimum absolute atomic E-state index is 0.0470. The summed E-state index contributed by atoms with van der Waals surface area (Å²) in [6, 6.07) is 0.329. The van der Waals surface area contributed by atoms with Gasteiger partial charge in [-0.2, -0.15) is 0 Å². The molecule has 6 saturated carbocycles. The lowest BCUT2D eigenvalue weighted by molar-refractivity contribution is -0.297. The average Bonchev–Trinajstić information content (AvgIpc) is 3.12. The van der Waals surface area contributed by atoms with Crippen molar-refractivity contribution in [3.05, 3.63) is 0 Å². The third kappa shape index (κ3) is 1.53. The first-order chi connectivity index (χ1) is 12.8. The highest BCUT2D eigenvalue weighted by atomic mass is 16.4. The van der Waals surface area contributed by atoms with Gasteiger partial charge in [0.05, 0.1) is 18.8 Å². The number of aliphatic hydroxyl groups excluding tert-OH is 3. The number of fused-ring (bicyclic) bond motifs is 2. The number of rotatable bonds is 2. The Morgan fingerprint density at radius 3 is 2.56 bits per heavy atom. The molecule has 11 atom stereocenters. The molecular weight excluding hydrogens is 342 g/mol. The lowest BCUT2D eigenvalue weighted by Gasteiger charge is -2.69. The highest BCUT2D eigenvalue weighted by molar-refractivity contribution is 5.35. The molecule has 7 fully saturated rings. The second kappa shape index (κ2) is 4.92. The second-order valence-electron chi connectivity index (χ2n) is 11.3. The van der Waals surface area contributed by atoms with Crippen molar-refractivity contribution in [2.24, 2.45) is 39.9 Å². The Bertz CT molecular complexity index is 687. The normalized spacial score (nSPS) is 66.2. The van der Waals surface area contributed by atoms with Crippen molar-refractivity contribution >= 4 is 0 Å². The van der Waals surface area contributed by atoms with Crippen molar-refractivity contribution in [1.82, 2.24) is 4.90 Å². The zero-order chi connectivity index (χ0) is 19.0. The van der Waals surface area contributed by atoms with Gasteiger partial charge in [0, 0.05) is 23.4 Å². The lowest BCUT2D eigenvalue weighted by atomic mass is 9.38. The van der Waals surface area contributed by atoms with Crippen LogP contribution in [0, 0.1) is 39.9 Å². The van der Waals surface area contributed by atoms with Crippen LogP contribution >= 0.6 is 0 Å². The Labute approximate surface area is 161 Å². The SMILES string of the molecule is CCN1CC2(C)CCC(O)C34C1[C@@H](C[C@H]23)[C@@]12CCC(CC41)C(O)(CO)C2O. The summed E-state index contributed by atoms with van der Waals surface area (Å²) in [5, 5.41) is 44.3. The molecule has 7 bridgehead atoms. The molecule has 1 saturated heterocycles. The van der Waals surface area contributed by atoms with Gasteiger partial charge in [0.15, 0.2) is 0 Å². The summed E-state index contributed by atoms with van der Waals surface area (Å²) < 4.78 is 0. The summed E-state index contributed by atoms with van der Waals surface area (Å²) in [6.07, 6.45) is 4.61. The van der Waals surface area contributed by atoms with Crippen LogP contribution in [0.5, 0.6) is 0 Å². The maximum absolute atomic E-state index is 11.5. The molecule has 1 heterocycles. The molecule has 0 radical (unpaired) electrons. The van der Waals surface area contributed by atoms with Crippen molar-refractivity contribution in [3.63, 3.8) is 0 Å². The molecule has 152 valence electrons. The third-order valence-electron chi connectivity index (χ3n) is 11.1. The average molecular weight is 378 g/mol. The summed E-state index contributed by atoms with van der Waals surface area (Å²) in [5.41, 5.74) is -1.55. The number of hydrogen-bond donors (Lipinski definition) is 4. The summed E-state index contributed by atoms with van der Waals surface area (Å²) >= 11 is 0. The predicted octanol–water partition coefficient (Wildman–Crippen LogP) is 0.988. The Morgan fingerprint density at radius 2 is 1.85 bits per heavy atom. The Hall–Kier alpha value is -0.200. The molecule has 1 aliphatic heterocycles. The van der Waals surface area contributed by atoms with Gasteiger partial charge in [-0.05, 0) is 74.2 Å². The molecule has 27 heavy (non-hydrogen) atoms. The van der Waals surface area contributed by atoms with Gasteiger partial charge in [-0.3, -0.25) is 4.90 Å². The van der Waals surface area contributed by atoms with E-state index in [1.54, 1.807) is 0 Å². The fourth-order valence-corrected chi connectivity index (χ4v) is 10.4. The quantitative estimate of drug-likeness (QED) is 0.577. The van der Waals surface area contributed by atoms with Crippen LogP contribution in [0.15, 0.2) is 0 Å². The third-order valence-corrected chi connectivity index (χ3v) is 11.1. The largest absolute Gasteiger partial charge is 0.393 e. The summed E-state index contributed by atoms with van der Waals surface area (Å²) in [5.74, 6) is 1.10. The van der Waals surface area contributed by atoms with Crippen molar-refractivity contribution in [1.29, 1.82) is 0 Å². The number of hydrogen-bond acceptors (Lipinski definition) is 5. The van der Waals surface area contributed by atoms with Crippen LogP contribution in [0.2, 0.25) is 0 Å². The highest BCUT2D eigenvalue weighted by Crippen LogP contribution is 2.83. The fraction of sp³-hybridized carbons (Fsp3) is 1.00. The first-order valence-corrected chi connectivity index (χ1v) is 11.2. The van der Waals surface area contributed by atoms with Gasteiger partial charge in [0.2, 0.25) is 0 Å². The molecule has 0 aromatic rings. The molecule has 2 spiro atoms. The Balaban J connectivity index is 1.58. The first-order valence-electron chi connectivity index (χ1n) is 11.2. The Morgan fingerprint density at radius 1 is 1.07 bits per heavy atom. The van der Waals surface area contributed by atoms with Crippen LogP contribution in [0.4, 0.5) is 0 Å². The molecule has 0 aromatic carbocycles. The van der Waals surface area contributed by atoms with Crippen LogP contribution in [0.3, 0.4) is 0 Å². The van der Waals surface area contributed by atoms with Gasteiger partial charge in [0.25, 0.3) is 0 Å². The van der Waals surface area contributed by atoms with E-state index in [9.17, 15) is 20.4 Å². The van der Waals surface area contributed by atoms with E-state index in [-0.39, 0.29) is 40.8 Å². The van der Waals surface area contributed by atoms with Crippen LogP contribution < -0.4 is 0 Å². The minimum atomic E-state index is -1.36. The van der Waals surface area contributed by atoms with E-state index in [2.05, 4.69) is 18.7 Å². The number of piperidine rings is 1. The number of aliphatic hydroxyl groups is 4. The molecule has 5 nitrogen and oxygen atoms in total. The molecule has 6 aliphatic carbocycles. The molecule has 7 aliphatic rings. The van der Waals surface area contributed by atoms with Gasteiger partial charge in [-0.1, -0.05) is 13.8 Å². The van der Waals surface area contributed by atoms with E-state index in [1.807, 2.05) is 0 Å². The Kier molecular flexibility index (Phi) is 3.21. The van der Waals surface area contributed by atoms with Gasteiger partial charge in [0.1, 0.15) is 5.60 Å². The molecule has 4 N–H and O–H groups in total. The van der Waals surface area contributed by atoms with Gasteiger partial charge in [-0.15, -0.1) is 0 Å². The molecular formula is C22H35NO4. The predicted molar refractivity (Wildman–Crippen MR) is 99.7 cm³/mol. The van der Waals surface area contributed by atoms with Gasteiger partial charge in [-0.25, -0.2) is 0 Å². The van der Waals surface area contributed by atoms with E-state index in [0.29, 0.717) is 17.9 Å². The van der Waals surface area contributed by atoms with E-state index in [0.717, 1.165) is 51.6 Å². The van der Waals surface area contributed by atoms with Crippen LogP contribution in [0.1, 0.15) is 52.4 Å². The van der Waals surface area contributed by atoms with Gasteiger partial charge >= 0.3 is 0 Å².